The number of carbonyl (C=O) groups excluding carboxylic acids is 1. The summed E-state index contributed by atoms with van der Waals surface area (Å²) < 4.78 is 42.1. The summed E-state index contributed by atoms with van der Waals surface area (Å²) in [4.78, 5) is 12.4. The Morgan fingerprint density at radius 3 is 2.50 bits per heavy atom. The van der Waals surface area contributed by atoms with Crippen LogP contribution in [0.2, 0.25) is 0 Å². The highest BCUT2D eigenvalue weighted by Crippen LogP contribution is 2.39. The molecule has 148 valence electrons. The summed E-state index contributed by atoms with van der Waals surface area (Å²) in [5.74, 6) is -0.218. The number of nitrogens with two attached hydrogens (primary N) is 1. The van der Waals surface area contributed by atoms with Gasteiger partial charge < -0.3 is 15.8 Å². The van der Waals surface area contributed by atoms with Crippen LogP contribution in [-0.4, -0.2) is 25.2 Å². The Morgan fingerprint density at radius 1 is 1.27 bits per heavy atom. The van der Waals surface area contributed by atoms with E-state index in [4.69, 9.17) is 10.5 Å². The second kappa shape index (κ2) is 9.46. The number of hydrogen-bond acceptors (Lipinski definition) is 3. The molecule has 26 heavy (non-hydrogen) atoms. The lowest BCUT2D eigenvalue weighted by Gasteiger charge is -2.35. The maximum absolute atomic E-state index is 12.4. The largest absolute Gasteiger partial charge is 0.482 e. The molecule has 1 aromatic carbocycles. The number of ether oxygens (including phenoxy) is 1. The predicted octanol–water partition coefficient (Wildman–Crippen LogP) is 4.60. The van der Waals surface area contributed by atoms with Crippen molar-refractivity contribution in [1.29, 1.82) is 0 Å². The Labute approximate surface area is 158 Å². The first kappa shape index (κ1) is 22.6. The molecule has 1 saturated carbocycles. The highest BCUT2D eigenvalue weighted by atomic mass is 35.5. The third-order valence-electron chi connectivity index (χ3n) is 4.69. The maximum atomic E-state index is 12.4. The summed E-state index contributed by atoms with van der Waals surface area (Å²) in [5, 5.41) is 2.69. The molecule has 0 aliphatic heterocycles. The Hall–Kier alpha value is -1.47. The number of anilines is 1. The summed E-state index contributed by atoms with van der Waals surface area (Å²) >= 11 is 0. The first-order chi connectivity index (χ1) is 11.7. The molecule has 0 radical (unpaired) electrons. The van der Waals surface area contributed by atoms with Crippen LogP contribution in [0, 0.1) is 12.3 Å². The second-order valence-electron chi connectivity index (χ2n) is 6.89. The van der Waals surface area contributed by atoms with Gasteiger partial charge in [-0.25, -0.2) is 0 Å². The van der Waals surface area contributed by atoms with Crippen LogP contribution in [-0.2, 0) is 4.79 Å². The van der Waals surface area contributed by atoms with Gasteiger partial charge in [-0.2, -0.15) is 13.2 Å². The lowest BCUT2D eigenvalue weighted by Crippen LogP contribution is -2.36. The van der Waals surface area contributed by atoms with Crippen molar-refractivity contribution in [3.8, 4) is 5.75 Å². The molecule has 4 nitrogen and oxygen atoms in total. The van der Waals surface area contributed by atoms with E-state index in [0.717, 1.165) is 37.7 Å². The van der Waals surface area contributed by atoms with E-state index in [1.165, 1.54) is 6.07 Å². The van der Waals surface area contributed by atoms with Crippen molar-refractivity contribution in [2.75, 3.05) is 18.5 Å². The summed E-state index contributed by atoms with van der Waals surface area (Å²) in [6.07, 6.45) is 0.901. The van der Waals surface area contributed by atoms with Gasteiger partial charge in [-0.05, 0) is 49.4 Å². The SMILES string of the molecule is Cc1ccc(NC(=O)CC2(CN)CCCCC2)c(OCC(F)(F)F)c1.Cl. The molecule has 2 rings (SSSR count). The molecular weight excluding hydrogens is 369 g/mol. The standard InChI is InChI=1S/C18H25F3N2O2.ClH/c1-13-5-6-14(15(9-13)25-12-18(19,20)21)23-16(24)10-17(11-22)7-3-2-4-8-17;/h5-6,9H,2-4,7-8,10-12,22H2,1H3,(H,23,24);1H. The molecule has 8 heteroatoms. The van der Waals surface area contributed by atoms with E-state index in [0.29, 0.717) is 6.54 Å². The van der Waals surface area contributed by atoms with Gasteiger partial charge in [0, 0.05) is 6.42 Å². The Kier molecular flexibility index (Phi) is 8.21. The molecule has 0 unspecified atom stereocenters. The van der Waals surface area contributed by atoms with Gasteiger partial charge in [-0.3, -0.25) is 4.79 Å². The maximum Gasteiger partial charge on any atom is 0.422 e. The highest BCUT2D eigenvalue weighted by Gasteiger charge is 2.33. The lowest BCUT2D eigenvalue weighted by atomic mass is 9.71. The van der Waals surface area contributed by atoms with E-state index in [1.807, 2.05) is 0 Å². The molecule has 1 fully saturated rings. The summed E-state index contributed by atoms with van der Waals surface area (Å²) in [5.41, 5.74) is 6.69. The summed E-state index contributed by atoms with van der Waals surface area (Å²) in [7, 11) is 0. The zero-order chi connectivity index (χ0) is 18.5. The highest BCUT2D eigenvalue weighted by molar-refractivity contribution is 5.92. The van der Waals surface area contributed by atoms with Gasteiger partial charge in [-0.1, -0.05) is 25.3 Å². The van der Waals surface area contributed by atoms with Crippen LogP contribution in [0.4, 0.5) is 18.9 Å². The number of aryl methyl sites for hydroxylation is 1. The average Bonchev–Trinajstić information content (AvgIpc) is 2.55. The molecule has 0 saturated heterocycles. The number of benzene rings is 1. The quantitative estimate of drug-likeness (QED) is 0.741. The van der Waals surface area contributed by atoms with Crippen molar-refractivity contribution in [2.45, 2.75) is 51.6 Å². The Morgan fingerprint density at radius 2 is 1.92 bits per heavy atom. The van der Waals surface area contributed by atoms with Crippen LogP contribution < -0.4 is 15.8 Å². The topological polar surface area (TPSA) is 64.4 Å². The molecule has 0 aromatic heterocycles. The number of hydrogen-bond donors (Lipinski definition) is 2. The third-order valence-corrected chi connectivity index (χ3v) is 4.69. The van der Waals surface area contributed by atoms with Crippen molar-refractivity contribution in [2.24, 2.45) is 11.1 Å². The fourth-order valence-electron chi connectivity index (χ4n) is 3.30. The first-order valence-electron chi connectivity index (χ1n) is 8.53. The van der Waals surface area contributed by atoms with Crippen LogP contribution in [0.15, 0.2) is 18.2 Å². The zero-order valence-corrected chi connectivity index (χ0v) is 15.6. The van der Waals surface area contributed by atoms with E-state index in [9.17, 15) is 18.0 Å². The molecule has 1 amide bonds. The normalized spacial score (nSPS) is 16.5. The van der Waals surface area contributed by atoms with E-state index >= 15 is 0 Å². The van der Waals surface area contributed by atoms with E-state index in [1.54, 1.807) is 19.1 Å². The minimum atomic E-state index is -4.43. The number of alkyl halides is 3. The van der Waals surface area contributed by atoms with Crippen LogP contribution in [0.5, 0.6) is 5.75 Å². The molecule has 0 spiro atoms. The van der Waals surface area contributed by atoms with Gasteiger partial charge >= 0.3 is 6.18 Å². The third kappa shape index (κ3) is 6.68. The van der Waals surface area contributed by atoms with Gasteiger partial charge in [0.05, 0.1) is 5.69 Å². The van der Waals surface area contributed by atoms with E-state index < -0.39 is 12.8 Å². The fraction of sp³-hybridized carbons (Fsp3) is 0.611. The first-order valence-corrected chi connectivity index (χ1v) is 8.53. The lowest BCUT2D eigenvalue weighted by molar-refractivity contribution is -0.153. The number of rotatable bonds is 6. The predicted molar refractivity (Wildman–Crippen MR) is 97.8 cm³/mol. The smallest absolute Gasteiger partial charge is 0.422 e. The van der Waals surface area contributed by atoms with Crippen LogP contribution >= 0.6 is 12.4 Å². The van der Waals surface area contributed by atoms with Gasteiger partial charge in [0.1, 0.15) is 5.75 Å². The van der Waals surface area contributed by atoms with Crippen LogP contribution in [0.25, 0.3) is 0 Å². The average molecular weight is 395 g/mol. The van der Waals surface area contributed by atoms with Crippen molar-refractivity contribution in [3.63, 3.8) is 0 Å². The summed E-state index contributed by atoms with van der Waals surface area (Å²) in [6.45, 7) is 0.787. The van der Waals surface area contributed by atoms with Crippen molar-refractivity contribution in [3.05, 3.63) is 23.8 Å². The number of nitrogens with one attached hydrogen (secondary N) is 1. The van der Waals surface area contributed by atoms with Gasteiger partial charge in [-0.15, -0.1) is 12.4 Å². The molecule has 0 heterocycles. The van der Waals surface area contributed by atoms with E-state index in [-0.39, 0.29) is 41.6 Å². The molecule has 0 bridgehead atoms. The molecule has 1 aliphatic rings. The van der Waals surface area contributed by atoms with Gasteiger partial charge in [0.25, 0.3) is 0 Å². The van der Waals surface area contributed by atoms with Crippen molar-refractivity contribution < 1.29 is 22.7 Å². The molecule has 0 atom stereocenters. The van der Waals surface area contributed by atoms with Gasteiger partial charge in [0.2, 0.25) is 5.91 Å². The minimum absolute atomic E-state index is 0. The minimum Gasteiger partial charge on any atom is -0.482 e. The van der Waals surface area contributed by atoms with Crippen LogP contribution in [0.1, 0.15) is 44.1 Å². The Balaban J connectivity index is 0.00000338. The number of carbonyl (C=O) groups is 1. The summed E-state index contributed by atoms with van der Waals surface area (Å²) in [6, 6.07) is 4.77. The number of amides is 1. The monoisotopic (exact) mass is 394 g/mol. The molecular formula is C18H26ClF3N2O2. The van der Waals surface area contributed by atoms with Crippen molar-refractivity contribution in [1.82, 2.24) is 0 Å². The van der Waals surface area contributed by atoms with Crippen LogP contribution in [0.3, 0.4) is 0 Å². The fourth-order valence-corrected chi connectivity index (χ4v) is 3.30. The Bertz CT molecular complexity index is 603. The zero-order valence-electron chi connectivity index (χ0n) is 14.8. The molecule has 3 N–H and O–H groups in total. The van der Waals surface area contributed by atoms with Gasteiger partial charge in [0.15, 0.2) is 6.61 Å². The number of halogens is 4. The van der Waals surface area contributed by atoms with Crippen molar-refractivity contribution >= 4 is 24.0 Å². The second-order valence-corrected chi connectivity index (χ2v) is 6.89. The molecule has 1 aliphatic carbocycles. The van der Waals surface area contributed by atoms with E-state index in [2.05, 4.69) is 5.32 Å². The molecule has 1 aromatic rings.